The summed E-state index contributed by atoms with van der Waals surface area (Å²) in [5.74, 6) is 2.23. The third kappa shape index (κ3) is 3.48. The van der Waals surface area contributed by atoms with Gasteiger partial charge in [0.25, 0.3) is 0 Å². The minimum atomic E-state index is -0.0557. The van der Waals surface area contributed by atoms with Gasteiger partial charge in [0.15, 0.2) is 0 Å². The number of piperidine rings is 1. The van der Waals surface area contributed by atoms with Gasteiger partial charge in [0.1, 0.15) is 11.5 Å². The van der Waals surface area contributed by atoms with Crippen molar-refractivity contribution < 1.29 is 6.22 Å². The molecule has 3 rings (SSSR count). The highest BCUT2D eigenvalue weighted by Crippen LogP contribution is 2.26. The molecule has 1 atom stereocenters. The van der Waals surface area contributed by atoms with Crippen LogP contribution in [0.25, 0.3) is 0 Å². The van der Waals surface area contributed by atoms with Crippen LogP contribution in [0.4, 0.5) is 5.82 Å². The zero-order valence-corrected chi connectivity index (χ0v) is 14.7. The third-order valence-electron chi connectivity index (χ3n) is 4.94. The molecule has 0 aromatic carbocycles. The topological polar surface area (TPSA) is 46.1 Å². The van der Waals surface area contributed by atoms with Gasteiger partial charge in [-0.25, -0.2) is 4.98 Å². The Bertz CT molecular complexity index is 732. The molecule has 1 saturated heterocycles. The van der Waals surface area contributed by atoms with Gasteiger partial charge >= 0.3 is 0 Å². The summed E-state index contributed by atoms with van der Waals surface area (Å²) >= 11 is 0. The Hall–Kier alpha value is -2.23. The van der Waals surface area contributed by atoms with Gasteiger partial charge in [-0.1, -0.05) is 19.9 Å². The third-order valence-corrected chi connectivity index (χ3v) is 4.94. The van der Waals surface area contributed by atoms with Crippen LogP contribution in [0.5, 0.6) is 0 Å². The summed E-state index contributed by atoms with van der Waals surface area (Å²) in [7, 11) is 0. The number of rotatable bonds is 4. The smallest absolute Gasteiger partial charge is 0.213 e. The highest BCUT2D eigenvalue weighted by Gasteiger charge is 2.24. The van der Waals surface area contributed by atoms with Crippen LogP contribution in [0, 0.1) is 18.8 Å². The van der Waals surface area contributed by atoms with Gasteiger partial charge in [0, 0.05) is 32.0 Å². The number of nitrogens with zero attached hydrogens (tertiary/aromatic N) is 3. The Kier molecular flexibility index (Phi) is 4.93. The monoisotopic (exact) mass is 325 g/mol. The van der Waals surface area contributed by atoms with Crippen LogP contribution in [0.1, 0.15) is 49.9 Å². The standard InChI is InChI=1S/C20H25N3O.H2/c1-14(2)16-7-6-12-23(13-16)19-10-4-9-18(22-19)20(24)17-8-5-11-21-15(17)3;/h4-5,8-11,14,16H,6-7,12-13H2,1-3H3;1H/t16-;/m0./s1. The molecule has 0 N–H and O–H groups in total. The Morgan fingerprint density at radius 2 is 2.12 bits per heavy atom. The molecule has 0 unspecified atom stereocenters. The molecule has 1 fully saturated rings. The first-order valence-corrected chi connectivity index (χ1v) is 8.74. The predicted molar refractivity (Wildman–Crippen MR) is 98.5 cm³/mol. The predicted octanol–water partition coefficient (Wildman–Crippen LogP) is 4.13. The SMILES string of the molecule is Cc1ncccc1C(=O)c1cccc(N2CCC[C@H](C(C)C)C2)n1.[HH]. The van der Waals surface area contributed by atoms with Gasteiger partial charge in [0.05, 0.1) is 0 Å². The maximum absolute atomic E-state index is 12.8. The molecule has 2 aromatic heterocycles. The molecular formula is C20H27N3O. The molecule has 4 heteroatoms. The van der Waals surface area contributed by atoms with E-state index in [4.69, 9.17) is 0 Å². The number of hydrogen-bond acceptors (Lipinski definition) is 4. The Labute approximate surface area is 145 Å². The van der Waals surface area contributed by atoms with Crippen LogP contribution in [0.15, 0.2) is 36.5 Å². The first-order chi connectivity index (χ1) is 11.6. The lowest BCUT2D eigenvalue weighted by molar-refractivity contribution is 0.103. The van der Waals surface area contributed by atoms with Crippen molar-refractivity contribution in [3.05, 3.63) is 53.5 Å². The highest BCUT2D eigenvalue weighted by atomic mass is 16.1. The number of pyridine rings is 2. The molecule has 3 heterocycles. The molecule has 0 bridgehead atoms. The number of aromatic nitrogens is 2. The van der Waals surface area contributed by atoms with E-state index in [1.54, 1.807) is 18.3 Å². The zero-order chi connectivity index (χ0) is 17.1. The van der Waals surface area contributed by atoms with Crippen molar-refractivity contribution in [2.75, 3.05) is 18.0 Å². The van der Waals surface area contributed by atoms with Gasteiger partial charge in [-0.15, -0.1) is 0 Å². The van der Waals surface area contributed by atoms with Gasteiger partial charge in [-0.05, 0) is 55.9 Å². The van der Waals surface area contributed by atoms with Crippen molar-refractivity contribution in [2.24, 2.45) is 11.8 Å². The molecule has 1 aliphatic heterocycles. The van der Waals surface area contributed by atoms with Gasteiger partial charge < -0.3 is 4.90 Å². The van der Waals surface area contributed by atoms with Crippen LogP contribution in [0.2, 0.25) is 0 Å². The summed E-state index contributed by atoms with van der Waals surface area (Å²) in [6.07, 6.45) is 4.17. The average Bonchev–Trinajstić information content (AvgIpc) is 2.62. The lowest BCUT2D eigenvalue weighted by Crippen LogP contribution is -2.38. The second kappa shape index (κ2) is 7.12. The molecule has 0 amide bonds. The molecule has 0 radical (unpaired) electrons. The van der Waals surface area contributed by atoms with Crippen molar-refractivity contribution in [2.45, 2.75) is 33.6 Å². The van der Waals surface area contributed by atoms with Crippen LogP contribution < -0.4 is 4.90 Å². The number of carbonyl (C=O) groups is 1. The van der Waals surface area contributed by atoms with E-state index in [0.29, 0.717) is 23.1 Å². The molecule has 0 aliphatic carbocycles. The van der Waals surface area contributed by atoms with E-state index in [2.05, 4.69) is 28.7 Å². The van der Waals surface area contributed by atoms with E-state index in [0.717, 1.165) is 24.6 Å². The van der Waals surface area contributed by atoms with E-state index in [-0.39, 0.29) is 7.21 Å². The first-order valence-electron chi connectivity index (χ1n) is 8.74. The van der Waals surface area contributed by atoms with Crippen LogP contribution in [0.3, 0.4) is 0 Å². The quantitative estimate of drug-likeness (QED) is 0.793. The fraction of sp³-hybridized carbons (Fsp3) is 0.450. The number of aryl methyl sites for hydroxylation is 1. The van der Waals surface area contributed by atoms with E-state index >= 15 is 0 Å². The zero-order valence-electron chi connectivity index (χ0n) is 14.7. The number of anilines is 1. The maximum atomic E-state index is 12.8. The molecule has 2 aromatic rings. The van der Waals surface area contributed by atoms with Gasteiger partial charge in [-0.3, -0.25) is 9.78 Å². The maximum Gasteiger partial charge on any atom is 0.213 e. The minimum absolute atomic E-state index is 0. The van der Waals surface area contributed by atoms with E-state index in [1.165, 1.54) is 12.8 Å². The van der Waals surface area contributed by atoms with Gasteiger partial charge in [0.2, 0.25) is 5.78 Å². The molecule has 128 valence electrons. The van der Waals surface area contributed by atoms with Crippen LogP contribution in [-0.2, 0) is 0 Å². The molecule has 0 saturated carbocycles. The Morgan fingerprint density at radius 1 is 1.29 bits per heavy atom. The summed E-state index contributed by atoms with van der Waals surface area (Å²) in [6.45, 7) is 8.46. The lowest BCUT2D eigenvalue weighted by atomic mass is 9.88. The van der Waals surface area contributed by atoms with Crippen molar-refractivity contribution >= 4 is 11.6 Å². The van der Waals surface area contributed by atoms with E-state index < -0.39 is 0 Å². The molecule has 24 heavy (non-hydrogen) atoms. The summed E-state index contributed by atoms with van der Waals surface area (Å²) in [5.41, 5.74) is 1.86. The fourth-order valence-electron chi connectivity index (χ4n) is 3.35. The summed E-state index contributed by atoms with van der Waals surface area (Å²) in [4.78, 5) is 23.9. The Morgan fingerprint density at radius 3 is 2.88 bits per heavy atom. The van der Waals surface area contributed by atoms with Crippen LogP contribution >= 0.6 is 0 Å². The highest BCUT2D eigenvalue weighted by molar-refractivity contribution is 6.08. The number of ketones is 1. The molecular weight excluding hydrogens is 298 g/mol. The fourth-order valence-corrected chi connectivity index (χ4v) is 3.35. The van der Waals surface area contributed by atoms with E-state index in [1.807, 2.05) is 25.1 Å². The normalized spacial score (nSPS) is 18.0. The molecule has 4 nitrogen and oxygen atoms in total. The van der Waals surface area contributed by atoms with Crippen molar-refractivity contribution in [3.63, 3.8) is 0 Å². The molecule has 0 spiro atoms. The average molecular weight is 325 g/mol. The summed E-state index contributed by atoms with van der Waals surface area (Å²) in [6, 6.07) is 9.34. The summed E-state index contributed by atoms with van der Waals surface area (Å²) in [5, 5.41) is 0. The Balaban J connectivity index is 0.00000225. The second-order valence-electron chi connectivity index (χ2n) is 6.94. The number of hydrogen-bond donors (Lipinski definition) is 0. The largest absolute Gasteiger partial charge is 0.356 e. The van der Waals surface area contributed by atoms with E-state index in [9.17, 15) is 4.79 Å². The van der Waals surface area contributed by atoms with Gasteiger partial charge in [-0.2, -0.15) is 0 Å². The molecule has 1 aliphatic rings. The van der Waals surface area contributed by atoms with Crippen molar-refractivity contribution in [1.82, 2.24) is 9.97 Å². The second-order valence-corrected chi connectivity index (χ2v) is 6.94. The number of carbonyl (C=O) groups excluding carboxylic acids is 1. The summed E-state index contributed by atoms with van der Waals surface area (Å²) < 4.78 is 0. The minimum Gasteiger partial charge on any atom is -0.356 e. The van der Waals surface area contributed by atoms with Crippen molar-refractivity contribution in [3.8, 4) is 0 Å². The first kappa shape index (κ1) is 16.6. The lowest BCUT2D eigenvalue weighted by Gasteiger charge is -2.35. The van der Waals surface area contributed by atoms with Crippen molar-refractivity contribution in [1.29, 1.82) is 0 Å². The van der Waals surface area contributed by atoms with Crippen LogP contribution in [-0.4, -0.2) is 28.8 Å².